The van der Waals surface area contributed by atoms with Crippen LogP contribution in [0.1, 0.15) is 27.9 Å². The zero-order valence-electron chi connectivity index (χ0n) is 22.5. The van der Waals surface area contributed by atoms with Gasteiger partial charge in [0.05, 0.1) is 12.6 Å². The molecule has 5 amide bonds. The highest BCUT2D eigenvalue weighted by Crippen LogP contribution is 2.07. The number of likely N-dealkylation sites (N-methyl/N-ethyl adjacent to an activating group) is 1. The number of hydrogen-bond donors (Lipinski definition) is 6. The maximum Gasteiger partial charge on any atom is 0.248 e. The molecule has 0 aromatic heterocycles. The van der Waals surface area contributed by atoms with Gasteiger partial charge in [-0.25, -0.2) is 0 Å². The van der Waals surface area contributed by atoms with E-state index in [9.17, 15) is 24.0 Å². The van der Waals surface area contributed by atoms with Gasteiger partial charge in [0, 0.05) is 31.6 Å². The van der Waals surface area contributed by atoms with Crippen LogP contribution in [0.15, 0.2) is 54.6 Å². The number of rotatable bonds is 7. The van der Waals surface area contributed by atoms with Crippen LogP contribution in [0.2, 0.25) is 0 Å². The van der Waals surface area contributed by atoms with Crippen LogP contribution < -0.4 is 32.7 Å². The van der Waals surface area contributed by atoms with Crippen LogP contribution in [-0.4, -0.2) is 85.8 Å². The maximum atomic E-state index is 13.0. The molecule has 0 spiro atoms. The summed E-state index contributed by atoms with van der Waals surface area (Å²) >= 11 is 0. The molecule has 12 heteroatoms. The topological polar surface area (TPSA) is 189 Å². The molecular formula is C28H37N7O5. The SMILES string of the molecule is CN1CCNC(=O)C(Cc2ccccc2)NC(=O)CNC(=O)C(NC(=O)C(N)Cc2ccc(C(N)=O)cc2)CC1. The molecule has 3 rings (SSSR count). The van der Waals surface area contributed by atoms with Crippen molar-refractivity contribution in [2.75, 3.05) is 33.2 Å². The van der Waals surface area contributed by atoms with Crippen molar-refractivity contribution in [3.63, 3.8) is 0 Å². The van der Waals surface area contributed by atoms with Crippen LogP contribution in [0.4, 0.5) is 0 Å². The number of benzene rings is 2. The van der Waals surface area contributed by atoms with Crippen LogP contribution in [0.25, 0.3) is 0 Å². The number of hydrogen-bond acceptors (Lipinski definition) is 7. The number of nitrogens with two attached hydrogens (primary N) is 2. The van der Waals surface area contributed by atoms with E-state index in [2.05, 4.69) is 21.3 Å². The first-order chi connectivity index (χ1) is 19.1. The van der Waals surface area contributed by atoms with Gasteiger partial charge in [0.1, 0.15) is 12.1 Å². The third-order valence-corrected chi connectivity index (χ3v) is 6.61. The third-order valence-electron chi connectivity index (χ3n) is 6.61. The minimum Gasteiger partial charge on any atom is -0.366 e. The normalized spacial score (nSPS) is 20.3. The third kappa shape index (κ3) is 9.47. The molecule has 1 saturated heterocycles. The molecule has 8 N–H and O–H groups in total. The summed E-state index contributed by atoms with van der Waals surface area (Å²) < 4.78 is 0. The van der Waals surface area contributed by atoms with Gasteiger partial charge in [-0.1, -0.05) is 42.5 Å². The molecule has 1 fully saturated rings. The van der Waals surface area contributed by atoms with Gasteiger partial charge < -0.3 is 37.6 Å². The second-order valence-corrected chi connectivity index (χ2v) is 9.84. The fourth-order valence-electron chi connectivity index (χ4n) is 4.25. The predicted molar refractivity (Wildman–Crippen MR) is 149 cm³/mol. The number of amides is 5. The van der Waals surface area contributed by atoms with Crippen LogP contribution in [0, 0.1) is 0 Å². The summed E-state index contributed by atoms with van der Waals surface area (Å²) in [5, 5.41) is 10.8. The van der Waals surface area contributed by atoms with E-state index in [1.165, 1.54) is 0 Å². The van der Waals surface area contributed by atoms with E-state index in [-0.39, 0.29) is 25.3 Å². The number of nitrogens with one attached hydrogen (secondary N) is 4. The molecule has 1 aliphatic heterocycles. The average molecular weight is 552 g/mol. The molecule has 0 aliphatic carbocycles. The van der Waals surface area contributed by atoms with Crippen molar-refractivity contribution >= 4 is 29.5 Å². The zero-order chi connectivity index (χ0) is 29.1. The van der Waals surface area contributed by atoms with E-state index in [4.69, 9.17) is 11.5 Å². The van der Waals surface area contributed by atoms with Gasteiger partial charge in [0.25, 0.3) is 0 Å². The molecule has 12 nitrogen and oxygen atoms in total. The van der Waals surface area contributed by atoms with Gasteiger partial charge in [0.15, 0.2) is 0 Å². The summed E-state index contributed by atoms with van der Waals surface area (Å²) in [6.07, 6.45) is 0.744. The van der Waals surface area contributed by atoms with E-state index in [0.717, 1.165) is 11.1 Å². The summed E-state index contributed by atoms with van der Waals surface area (Å²) in [4.78, 5) is 64.5. The summed E-state index contributed by atoms with van der Waals surface area (Å²) in [5.74, 6) is -2.45. The summed E-state index contributed by atoms with van der Waals surface area (Å²) in [5.41, 5.74) is 13.3. The fraction of sp³-hybridized carbons (Fsp3) is 0.393. The van der Waals surface area contributed by atoms with Crippen LogP contribution in [0.3, 0.4) is 0 Å². The Balaban J connectivity index is 1.64. The highest BCUT2D eigenvalue weighted by molar-refractivity contribution is 5.94. The van der Waals surface area contributed by atoms with Crippen molar-refractivity contribution in [3.05, 3.63) is 71.3 Å². The molecule has 214 valence electrons. The van der Waals surface area contributed by atoms with Crippen molar-refractivity contribution in [1.82, 2.24) is 26.2 Å². The lowest BCUT2D eigenvalue weighted by molar-refractivity contribution is -0.132. The van der Waals surface area contributed by atoms with Crippen LogP contribution in [0.5, 0.6) is 0 Å². The smallest absolute Gasteiger partial charge is 0.248 e. The molecular weight excluding hydrogens is 514 g/mol. The Hall–Kier alpha value is -4.29. The standard InChI is InChI=1S/C28H37N7O5/c1-35-13-11-22(34-26(38)21(29)15-19-7-9-20(10-8-19)25(30)37)27(39)32-17-24(36)33-23(28(40)31-12-14-35)16-18-5-3-2-4-6-18/h2-10,21-23H,11-17,29H2,1H3,(H2,30,37)(H,31,40)(H,32,39)(H,33,36)(H,34,38). The first-order valence-electron chi connectivity index (χ1n) is 13.1. The maximum absolute atomic E-state index is 13.0. The number of carbonyl (C=O) groups is 5. The largest absolute Gasteiger partial charge is 0.366 e. The summed E-state index contributed by atoms with van der Waals surface area (Å²) in [7, 11) is 1.85. The van der Waals surface area contributed by atoms with Gasteiger partial charge in [-0.3, -0.25) is 24.0 Å². The highest BCUT2D eigenvalue weighted by Gasteiger charge is 2.26. The molecule has 0 saturated carbocycles. The molecule has 1 aliphatic rings. The van der Waals surface area contributed by atoms with Crippen molar-refractivity contribution in [2.24, 2.45) is 11.5 Å². The van der Waals surface area contributed by atoms with Crippen molar-refractivity contribution in [1.29, 1.82) is 0 Å². The molecule has 0 radical (unpaired) electrons. The second kappa shape index (κ2) is 14.8. The first-order valence-corrected chi connectivity index (χ1v) is 13.1. The Morgan fingerprint density at radius 2 is 1.68 bits per heavy atom. The van der Waals surface area contributed by atoms with Crippen molar-refractivity contribution in [3.8, 4) is 0 Å². The zero-order valence-corrected chi connectivity index (χ0v) is 22.5. The number of primary amides is 1. The van der Waals surface area contributed by atoms with E-state index in [0.29, 0.717) is 31.6 Å². The molecule has 0 bridgehead atoms. The van der Waals surface area contributed by atoms with Crippen LogP contribution in [-0.2, 0) is 32.0 Å². The van der Waals surface area contributed by atoms with E-state index in [1.54, 1.807) is 24.3 Å². The van der Waals surface area contributed by atoms with E-state index < -0.39 is 41.8 Å². The minimum absolute atomic E-state index is 0.185. The number of nitrogens with zero attached hydrogens (tertiary/aromatic N) is 1. The van der Waals surface area contributed by atoms with Gasteiger partial charge in [-0.2, -0.15) is 0 Å². The molecule has 2 aromatic carbocycles. The predicted octanol–water partition coefficient (Wildman–Crippen LogP) is -1.56. The van der Waals surface area contributed by atoms with Gasteiger partial charge in [-0.15, -0.1) is 0 Å². The molecule has 40 heavy (non-hydrogen) atoms. The van der Waals surface area contributed by atoms with Gasteiger partial charge >= 0.3 is 0 Å². The van der Waals surface area contributed by atoms with E-state index >= 15 is 0 Å². The molecule has 2 aromatic rings. The van der Waals surface area contributed by atoms with Crippen LogP contribution >= 0.6 is 0 Å². The van der Waals surface area contributed by atoms with Crippen molar-refractivity contribution in [2.45, 2.75) is 37.4 Å². The second-order valence-electron chi connectivity index (χ2n) is 9.84. The summed E-state index contributed by atoms with van der Waals surface area (Å²) in [6.45, 7) is 0.926. The first kappa shape index (κ1) is 30.3. The lowest BCUT2D eigenvalue weighted by atomic mass is 10.0. The molecule has 3 unspecified atom stereocenters. The van der Waals surface area contributed by atoms with Gasteiger partial charge in [0.2, 0.25) is 29.5 Å². The Morgan fingerprint density at radius 1 is 0.975 bits per heavy atom. The monoisotopic (exact) mass is 551 g/mol. The minimum atomic E-state index is -0.949. The lowest BCUT2D eigenvalue weighted by Crippen LogP contribution is -2.56. The highest BCUT2D eigenvalue weighted by atomic mass is 16.2. The number of carbonyl (C=O) groups excluding carboxylic acids is 5. The molecule has 1 heterocycles. The van der Waals surface area contributed by atoms with E-state index in [1.807, 2.05) is 42.3 Å². The van der Waals surface area contributed by atoms with Gasteiger partial charge in [-0.05, 0) is 43.1 Å². The lowest BCUT2D eigenvalue weighted by Gasteiger charge is -2.25. The van der Waals surface area contributed by atoms with Crippen molar-refractivity contribution < 1.29 is 24.0 Å². The Bertz CT molecular complexity index is 1190. The molecule has 3 atom stereocenters. The Morgan fingerprint density at radius 3 is 2.35 bits per heavy atom. The Kier molecular flexibility index (Phi) is 11.2. The quantitative estimate of drug-likeness (QED) is 0.240. The Labute approximate surface area is 233 Å². The fourth-order valence-corrected chi connectivity index (χ4v) is 4.25. The summed E-state index contributed by atoms with van der Waals surface area (Å²) in [6, 6.07) is 13.1. The average Bonchev–Trinajstić information content (AvgIpc) is 2.93.